The fourth-order valence-electron chi connectivity index (χ4n) is 0.575. The zero-order chi connectivity index (χ0) is 9.35. The van der Waals surface area contributed by atoms with Crippen molar-refractivity contribution in [1.82, 2.24) is 4.98 Å². The molecule has 12 heavy (non-hydrogen) atoms. The van der Waals surface area contributed by atoms with Crippen molar-refractivity contribution in [3.63, 3.8) is 0 Å². The lowest BCUT2D eigenvalue weighted by atomic mass is 10.5. The SMILES string of the molecule is O=S(=O)(Cl)c1cc(F)cnc1F. The van der Waals surface area contributed by atoms with Gasteiger partial charge in [-0.15, -0.1) is 0 Å². The number of rotatable bonds is 1. The maximum absolute atomic E-state index is 12.5. The Labute approximate surface area is 71.4 Å². The normalized spacial score (nSPS) is 11.6. The number of aromatic nitrogens is 1. The Bertz CT molecular complexity index is 406. The van der Waals surface area contributed by atoms with Crippen LogP contribution in [0.5, 0.6) is 0 Å². The van der Waals surface area contributed by atoms with Crippen molar-refractivity contribution in [2.24, 2.45) is 0 Å². The first-order chi connectivity index (χ1) is 5.41. The zero-order valence-corrected chi connectivity index (χ0v) is 7.03. The molecular formula is C5H2ClF2NO2S. The zero-order valence-electron chi connectivity index (χ0n) is 5.46. The summed E-state index contributed by atoms with van der Waals surface area (Å²) in [7, 11) is 0.500. The Morgan fingerprint density at radius 3 is 2.42 bits per heavy atom. The molecule has 0 bridgehead atoms. The van der Waals surface area contributed by atoms with Crippen molar-refractivity contribution < 1.29 is 17.2 Å². The van der Waals surface area contributed by atoms with E-state index in [9.17, 15) is 17.2 Å². The summed E-state index contributed by atoms with van der Waals surface area (Å²) in [5.74, 6) is -2.28. The van der Waals surface area contributed by atoms with Crippen LogP contribution in [0.2, 0.25) is 0 Å². The summed E-state index contributed by atoms with van der Waals surface area (Å²) in [5, 5.41) is 0. The first-order valence-corrected chi connectivity index (χ1v) is 4.98. The van der Waals surface area contributed by atoms with Crippen LogP contribution < -0.4 is 0 Å². The summed E-state index contributed by atoms with van der Waals surface area (Å²) < 4.78 is 45.9. The molecule has 0 N–H and O–H groups in total. The third-order valence-corrected chi connectivity index (χ3v) is 2.35. The summed E-state index contributed by atoms with van der Waals surface area (Å²) in [5.41, 5.74) is 0. The minimum Gasteiger partial charge on any atom is -0.224 e. The summed E-state index contributed by atoms with van der Waals surface area (Å²) in [6.07, 6.45) is 0.556. The molecule has 0 fully saturated rings. The summed E-state index contributed by atoms with van der Waals surface area (Å²) >= 11 is 0. The van der Waals surface area contributed by atoms with Gasteiger partial charge in [-0.2, -0.15) is 4.39 Å². The van der Waals surface area contributed by atoms with E-state index in [0.29, 0.717) is 12.3 Å². The monoisotopic (exact) mass is 213 g/mol. The van der Waals surface area contributed by atoms with Crippen molar-refractivity contribution >= 4 is 19.7 Å². The second kappa shape index (κ2) is 2.95. The van der Waals surface area contributed by atoms with Crippen molar-refractivity contribution in [1.29, 1.82) is 0 Å². The Morgan fingerprint density at radius 2 is 2.00 bits per heavy atom. The lowest BCUT2D eigenvalue weighted by Crippen LogP contribution is -1.98. The molecule has 7 heteroatoms. The first-order valence-electron chi connectivity index (χ1n) is 2.67. The van der Waals surface area contributed by atoms with Gasteiger partial charge in [0.2, 0.25) is 5.95 Å². The third kappa shape index (κ3) is 1.89. The van der Waals surface area contributed by atoms with E-state index in [4.69, 9.17) is 10.7 Å². The Hall–Kier alpha value is -0.750. The van der Waals surface area contributed by atoms with E-state index in [2.05, 4.69) is 4.98 Å². The van der Waals surface area contributed by atoms with E-state index in [1.165, 1.54) is 0 Å². The second-order valence-corrected chi connectivity index (χ2v) is 4.41. The van der Waals surface area contributed by atoms with Gasteiger partial charge in [0, 0.05) is 16.7 Å². The van der Waals surface area contributed by atoms with Crippen molar-refractivity contribution in [2.45, 2.75) is 4.90 Å². The highest BCUT2D eigenvalue weighted by atomic mass is 35.7. The predicted molar refractivity (Wildman–Crippen MR) is 37.2 cm³/mol. The van der Waals surface area contributed by atoms with Gasteiger partial charge in [0.15, 0.2) is 0 Å². The van der Waals surface area contributed by atoms with E-state index in [1.807, 2.05) is 0 Å². The average molecular weight is 214 g/mol. The van der Waals surface area contributed by atoms with Crippen molar-refractivity contribution in [3.8, 4) is 0 Å². The molecule has 0 atom stereocenters. The topological polar surface area (TPSA) is 47.0 Å². The minimum absolute atomic E-state index is 0.463. The molecule has 0 aliphatic heterocycles. The molecule has 0 unspecified atom stereocenters. The van der Waals surface area contributed by atoms with Crippen LogP contribution in [0.25, 0.3) is 0 Å². The summed E-state index contributed by atoms with van der Waals surface area (Å²) in [4.78, 5) is 1.89. The lowest BCUT2D eigenvalue weighted by Gasteiger charge is -1.96. The molecule has 0 radical (unpaired) electrons. The summed E-state index contributed by atoms with van der Waals surface area (Å²) in [6, 6.07) is 0.463. The fourth-order valence-corrected chi connectivity index (χ4v) is 1.41. The van der Waals surface area contributed by atoms with Crippen LogP contribution in [0, 0.1) is 11.8 Å². The molecular weight excluding hydrogens is 212 g/mol. The number of pyridine rings is 1. The van der Waals surface area contributed by atoms with Gasteiger partial charge in [-0.1, -0.05) is 0 Å². The molecule has 0 aromatic carbocycles. The molecule has 66 valence electrons. The highest BCUT2D eigenvalue weighted by Crippen LogP contribution is 2.17. The smallest absolute Gasteiger partial charge is 0.224 e. The summed E-state index contributed by atoms with van der Waals surface area (Å²) in [6.45, 7) is 0. The van der Waals surface area contributed by atoms with E-state index in [1.54, 1.807) is 0 Å². The number of hydrogen-bond donors (Lipinski definition) is 0. The van der Waals surface area contributed by atoms with Crippen LogP contribution in [0.4, 0.5) is 8.78 Å². The minimum atomic E-state index is -4.26. The van der Waals surface area contributed by atoms with E-state index >= 15 is 0 Å². The van der Waals surface area contributed by atoms with Crippen molar-refractivity contribution in [2.75, 3.05) is 0 Å². The van der Waals surface area contributed by atoms with Gasteiger partial charge in [0.1, 0.15) is 10.7 Å². The lowest BCUT2D eigenvalue weighted by molar-refractivity contribution is 0.523. The van der Waals surface area contributed by atoms with E-state index in [0.717, 1.165) is 0 Å². The molecule has 1 heterocycles. The van der Waals surface area contributed by atoms with Crippen LogP contribution in [-0.4, -0.2) is 13.4 Å². The molecule has 0 aliphatic carbocycles. The molecule has 0 saturated carbocycles. The van der Waals surface area contributed by atoms with E-state index < -0.39 is 25.7 Å². The Morgan fingerprint density at radius 1 is 1.42 bits per heavy atom. The largest absolute Gasteiger partial charge is 0.265 e. The highest BCUT2D eigenvalue weighted by molar-refractivity contribution is 8.13. The molecule has 0 aliphatic rings. The Kier molecular flexibility index (Phi) is 2.29. The first kappa shape index (κ1) is 9.34. The van der Waals surface area contributed by atoms with Gasteiger partial charge in [0.25, 0.3) is 9.05 Å². The standard InChI is InChI=1S/C5H2ClF2NO2S/c6-12(10,11)4-1-3(7)2-9-5(4)8/h1-2H. The molecule has 3 nitrogen and oxygen atoms in total. The fraction of sp³-hybridized carbons (Fsp3) is 0. The van der Waals surface area contributed by atoms with Gasteiger partial charge in [-0.05, 0) is 0 Å². The van der Waals surface area contributed by atoms with Crippen LogP contribution in [0.15, 0.2) is 17.2 Å². The highest BCUT2D eigenvalue weighted by Gasteiger charge is 2.17. The average Bonchev–Trinajstić information content (AvgIpc) is 1.92. The van der Waals surface area contributed by atoms with Crippen LogP contribution in [-0.2, 0) is 9.05 Å². The number of halogens is 3. The molecule has 1 aromatic heterocycles. The van der Waals surface area contributed by atoms with Crippen LogP contribution in [0.1, 0.15) is 0 Å². The number of nitrogens with zero attached hydrogens (tertiary/aromatic N) is 1. The molecule has 1 rings (SSSR count). The number of hydrogen-bond acceptors (Lipinski definition) is 3. The molecule has 0 saturated heterocycles. The van der Waals surface area contributed by atoms with Gasteiger partial charge >= 0.3 is 0 Å². The predicted octanol–water partition coefficient (Wildman–Crippen LogP) is 1.29. The van der Waals surface area contributed by atoms with Gasteiger partial charge in [-0.3, -0.25) is 0 Å². The quantitative estimate of drug-likeness (QED) is 0.522. The maximum atomic E-state index is 12.5. The molecule has 0 spiro atoms. The molecule has 0 amide bonds. The second-order valence-electron chi connectivity index (χ2n) is 1.88. The van der Waals surface area contributed by atoms with Crippen LogP contribution in [0.3, 0.4) is 0 Å². The van der Waals surface area contributed by atoms with Crippen molar-refractivity contribution in [3.05, 3.63) is 24.0 Å². The molecule has 1 aromatic rings. The van der Waals surface area contributed by atoms with Crippen LogP contribution >= 0.6 is 10.7 Å². The van der Waals surface area contributed by atoms with Gasteiger partial charge < -0.3 is 0 Å². The van der Waals surface area contributed by atoms with Gasteiger partial charge in [-0.25, -0.2) is 17.8 Å². The Balaban J connectivity index is 3.43. The maximum Gasteiger partial charge on any atom is 0.265 e. The van der Waals surface area contributed by atoms with Gasteiger partial charge in [0.05, 0.1) is 6.20 Å². The third-order valence-electron chi connectivity index (χ3n) is 1.04. The van der Waals surface area contributed by atoms with E-state index in [-0.39, 0.29) is 0 Å².